The van der Waals surface area contributed by atoms with Gasteiger partial charge in [-0.2, -0.15) is 0 Å². The average molecular weight is 410 g/mol. The summed E-state index contributed by atoms with van der Waals surface area (Å²) in [7, 11) is 4.06. The SMILES string of the molecule is CCCCCCC(C)NC(=NC)NCC1CCN(C)C1.I. The van der Waals surface area contributed by atoms with Crippen LogP contribution in [0.25, 0.3) is 0 Å². The molecular weight excluding hydrogens is 375 g/mol. The molecule has 2 unspecified atom stereocenters. The molecule has 0 saturated carbocycles. The number of likely N-dealkylation sites (tertiary alicyclic amines) is 1. The standard InChI is InChI=1S/C16H34N4.HI/c1-5-6-7-8-9-14(2)19-16(17-3)18-12-15-10-11-20(4)13-15;/h14-15H,5-13H2,1-4H3,(H2,17,18,19);1H. The Morgan fingerprint density at radius 2 is 2.10 bits per heavy atom. The van der Waals surface area contributed by atoms with E-state index in [1.807, 2.05) is 7.05 Å². The summed E-state index contributed by atoms with van der Waals surface area (Å²) < 4.78 is 0. The predicted molar refractivity (Wildman–Crippen MR) is 104 cm³/mol. The molecule has 1 rings (SSSR count). The normalized spacial score (nSPS) is 21.0. The van der Waals surface area contributed by atoms with Gasteiger partial charge < -0.3 is 15.5 Å². The number of nitrogens with zero attached hydrogens (tertiary/aromatic N) is 2. The minimum Gasteiger partial charge on any atom is -0.356 e. The van der Waals surface area contributed by atoms with Gasteiger partial charge in [0.15, 0.2) is 5.96 Å². The highest BCUT2D eigenvalue weighted by molar-refractivity contribution is 14.0. The van der Waals surface area contributed by atoms with Crippen molar-refractivity contribution >= 4 is 29.9 Å². The van der Waals surface area contributed by atoms with Gasteiger partial charge in [-0.25, -0.2) is 0 Å². The summed E-state index contributed by atoms with van der Waals surface area (Å²) in [5.41, 5.74) is 0. The summed E-state index contributed by atoms with van der Waals surface area (Å²) in [6, 6.07) is 0.504. The van der Waals surface area contributed by atoms with Gasteiger partial charge in [0.05, 0.1) is 0 Å². The van der Waals surface area contributed by atoms with E-state index in [9.17, 15) is 0 Å². The third kappa shape index (κ3) is 9.55. The maximum Gasteiger partial charge on any atom is 0.191 e. The fourth-order valence-electron chi connectivity index (χ4n) is 2.81. The van der Waals surface area contributed by atoms with Crippen LogP contribution in [0.15, 0.2) is 4.99 Å². The van der Waals surface area contributed by atoms with Crippen LogP contribution in [0.4, 0.5) is 0 Å². The smallest absolute Gasteiger partial charge is 0.191 e. The first kappa shape index (κ1) is 21.0. The molecule has 0 radical (unpaired) electrons. The summed E-state index contributed by atoms with van der Waals surface area (Å²) in [5.74, 6) is 1.72. The summed E-state index contributed by atoms with van der Waals surface area (Å²) in [5, 5.41) is 6.98. The van der Waals surface area contributed by atoms with E-state index in [4.69, 9.17) is 0 Å². The molecule has 2 N–H and O–H groups in total. The predicted octanol–water partition coefficient (Wildman–Crippen LogP) is 3.08. The number of unbranched alkanes of at least 4 members (excludes halogenated alkanes) is 3. The van der Waals surface area contributed by atoms with Crippen molar-refractivity contribution in [2.45, 2.75) is 58.4 Å². The van der Waals surface area contributed by atoms with Crippen LogP contribution in [-0.4, -0.2) is 50.6 Å². The Balaban J connectivity index is 0.00000400. The van der Waals surface area contributed by atoms with Gasteiger partial charge >= 0.3 is 0 Å². The van der Waals surface area contributed by atoms with Crippen LogP contribution >= 0.6 is 24.0 Å². The number of nitrogens with one attached hydrogen (secondary N) is 2. The monoisotopic (exact) mass is 410 g/mol. The van der Waals surface area contributed by atoms with E-state index in [1.54, 1.807) is 0 Å². The zero-order valence-corrected chi connectivity index (χ0v) is 16.7. The molecule has 5 heteroatoms. The first-order valence-electron chi connectivity index (χ1n) is 8.31. The highest BCUT2D eigenvalue weighted by atomic mass is 127. The summed E-state index contributed by atoms with van der Waals surface area (Å²) in [4.78, 5) is 6.73. The lowest BCUT2D eigenvalue weighted by atomic mass is 10.1. The van der Waals surface area contributed by atoms with Crippen molar-refractivity contribution < 1.29 is 0 Å². The zero-order chi connectivity index (χ0) is 14.8. The first-order valence-corrected chi connectivity index (χ1v) is 8.31. The largest absolute Gasteiger partial charge is 0.356 e. The highest BCUT2D eigenvalue weighted by Gasteiger charge is 2.19. The molecule has 1 aliphatic heterocycles. The molecule has 0 aromatic heterocycles. The molecular formula is C16H35IN4. The second kappa shape index (κ2) is 12.5. The molecule has 0 bridgehead atoms. The number of hydrogen-bond acceptors (Lipinski definition) is 2. The second-order valence-corrected chi connectivity index (χ2v) is 6.26. The minimum atomic E-state index is 0. The van der Waals surface area contributed by atoms with E-state index in [0.29, 0.717) is 6.04 Å². The van der Waals surface area contributed by atoms with Crippen LogP contribution < -0.4 is 10.6 Å². The molecule has 4 nitrogen and oxygen atoms in total. The van der Waals surface area contributed by atoms with Crippen LogP contribution in [0.1, 0.15) is 52.4 Å². The molecule has 1 fully saturated rings. The van der Waals surface area contributed by atoms with E-state index in [-0.39, 0.29) is 24.0 Å². The van der Waals surface area contributed by atoms with Crippen LogP contribution in [0.2, 0.25) is 0 Å². The lowest BCUT2D eigenvalue weighted by molar-refractivity contribution is 0.393. The molecule has 2 atom stereocenters. The minimum absolute atomic E-state index is 0. The molecule has 21 heavy (non-hydrogen) atoms. The van der Waals surface area contributed by atoms with Crippen LogP contribution in [0, 0.1) is 5.92 Å². The number of halogens is 1. The lowest BCUT2D eigenvalue weighted by Gasteiger charge is -2.19. The van der Waals surface area contributed by atoms with Crippen LogP contribution in [0.3, 0.4) is 0 Å². The van der Waals surface area contributed by atoms with Gasteiger partial charge in [0.2, 0.25) is 0 Å². The Morgan fingerprint density at radius 1 is 1.33 bits per heavy atom. The fraction of sp³-hybridized carbons (Fsp3) is 0.938. The number of rotatable bonds is 8. The molecule has 0 aromatic rings. The van der Waals surface area contributed by atoms with Crippen molar-refractivity contribution in [2.24, 2.45) is 10.9 Å². The maximum absolute atomic E-state index is 4.33. The zero-order valence-electron chi connectivity index (χ0n) is 14.3. The van der Waals surface area contributed by atoms with Gasteiger partial charge in [0.25, 0.3) is 0 Å². The Labute approximate surface area is 148 Å². The Hall–Kier alpha value is -0.0400. The quantitative estimate of drug-likeness (QED) is 0.280. The van der Waals surface area contributed by atoms with Crippen molar-refractivity contribution in [3.8, 4) is 0 Å². The van der Waals surface area contributed by atoms with Gasteiger partial charge in [0, 0.05) is 26.2 Å². The van der Waals surface area contributed by atoms with E-state index < -0.39 is 0 Å². The number of hydrogen-bond donors (Lipinski definition) is 2. The molecule has 0 aromatic carbocycles. The molecule has 1 aliphatic rings. The van der Waals surface area contributed by atoms with E-state index in [0.717, 1.165) is 18.4 Å². The first-order chi connectivity index (χ1) is 9.65. The van der Waals surface area contributed by atoms with Crippen molar-refractivity contribution in [1.29, 1.82) is 0 Å². The molecule has 0 amide bonds. The van der Waals surface area contributed by atoms with E-state index >= 15 is 0 Å². The van der Waals surface area contributed by atoms with Crippen molar-refractivity contribution in [3.63, 3.8) is 0 Å². The van der Waals surface area contributed by atoms with Gasteiger partial charge in [-0.1, -0.05) is 32.6 Å². The van der Waals surface area contributed by atoms with Crippen molar-refractivity contribution in [2.75, 3.05) is 33.7 Å². The van der Waals surface area contributed by atoms with E-state index in [1.165, 1.54) is 51.6 Å². The maximum atomic E-state index is 4.33. The molecule has 1 heterocycles. The Morgan fingerprint density at radius 3 is 2.67 bits per heavy atom. The van der Waals surface area contributed by atoms with E-state index in [2.05, 4.69) is 41.4 Å². The molecule has 0 spiro atoms. The highest BCUT2D eigenvalue weighted by Crippen LogP contribution is 2.12. The number of guanidine groups is 1. The average Bonchev–Trinajstić information content (AvgIpc) is 2.85. The third-order valence-corrected chi connectivity index (χ3v) is 4.14. The van der Waals surface area contributed by atoms with Crippen molar-refractivity contribution in [1.82, 2.24) is 15.5 Å². The van der Waals surface area contributed by atoms with Gasteiger partial charge in [-0.15, -0.1) is 24.0 Å². The lowest BCUT2D eigenvalue weighted by Crippen LogP contribution is -2.44. The van der Waals surface area contributed by atoms with Gasteiger partial charge in [-0.3, -0.25) is 4.99 Å². The third-order valence-electron chi connectivity index (χ3n) is 4.14. The molecule has 1 saturated heterocycles. The van der Waals surface area contributed by atoms with Gasteiger partial charge in [-0.05, 0) is 39.3 Å². The summed E-state index contributed by atoms with van der Waals surface area (Å²) in [6.07, 6.45) is 7.85. The molecule has 0 aliphatic carbocycles. The fourth-order valence-corrected chi connectivity index (χ4v) is 2.81. The number of aliphatic imine (C=N–C) groups is 1. The topological polar surface area (TPSA) is 39.7 Å². The summed E-state index contributed by atoms with van der Waals surface area (Å²) in [6.45, 7) is 7.98. The summed E-state index contributed by atoms with van der Waals surface area (Å²) >= 11 is 0. The van der Waals surface area contributed by atoms with Crippen LogP contribution in [0.5, 0.6) is 0 Å². The molecule has 126 valence electrons. The van der Waals surface area contributed by atoms with Crippen molar-refractivity contribution in [3.05, 3.63) is 0 Å². The Kier molecular flexibility index (Phi) is 12.5. The Bertz CT molecular complexity index is 283. The van der Waals surface area contributed by atoms with Gasteiger partial charge in [0.1, 0.15) is 0 Å². The van der Waals surface area contributed by atoms with Crippen LogP contribution in [-0.2, 0) is 0 Å². The second-order valence-electron chi connectivity index (χ2n) is 6.26.